The van der Waals surface area contributed by atoms with Gasteiger partial charge in [-0.05, 0) is 161 Å². The molecule has 0 radical (unpaired) electrons. The number of rotatable bonds is 23. The largest absolute Gasteiger partial charge is 0.476 e. The van der Waals surface area contributed by atoms with E-state index in [1.807, 2.05) is 67.6 Å². The van der Waals surface area contributed by atoms with Crippen LogP contribution in [0, 0.1) is 11.3 Å². The van der Waals surface area contributed by atoms with E-state index in [2.05, 4.69) is 95.3 Å². The zero-order chi connectivity index (χ0) is 46.7. The first-order valence-electron chi connectivity index (χ1n) is 24.5. The van der Waals surface area contributed by atoms with Gasteiger partial charge in [-0.2, -0.15) is 0 Å². The van der Waals surface area contributed by atoms with Gasteiger partial charge in [-0.1, -0.05) is 103 Å². The van der Waals surface area contributed by atoms with Gasteiger partial charge < -0.3 is 14.4 Å². The lowest BCUT2D eigenvalue weighted by Crippen LogP contribution is -2.48. The monoisotopic (exact) mass is 960 g/mol. The maximum absolute atomic E-state index is 6.76. The number of aliphatic imine (C=N–C) groups is 4. The van der Waals surface area contributed by atoms with Gasteiger partial charge in [-0.3, -0.25) is 11.5 Å². The van der Waals surface area contributed by atoms with Crippen LogP contribution in [0.5, 0.6) is 11.5 Å². The highest BCUT2D eigenvalue weighted by molar-refractivity contribution is 6.34. The number of halogens is 2. The topological polar surface area (TPSA) is 123 Å². The molecule has 7 rings (SSSR count). The van der Waals surface area contributed by atoms with Gasteiger partial charge in [0, 0.05) is 17.1 Å². The highest BCUT2D eigenvalue weighted by Crippen LogP contribution is 2.35. The second kappa shape index (κ2) is 25.1. The molecular weight excluding hydrogens is 886 g/mol. The molecule has 5 aliphatic rings. The van der Waals surface area contributed by atoms with Crippen LogP contribution in [0.25, 0.3) is 11.1 Å². The van der Waals surface area contributed by atoms with Gasteiger partial charge in [0.1, 0.15) is 17.7 Å². The molecule has 0 fully saturated rings. The van der Waals surface area contributed by atoms with Crippen molar-refractivity contribution in [3.8, 4) is 11.5 Å². The Morgan fingerprint density at radius 1 is 0.588 bits per heavy atom. The van der Waals surface area contributed by atoms with Crippen LogP contribution in [0.3, 0.4) is 0 Å². The van der Waals surface area contributed by atoms with Gasteiger partial charge in [0.05, 0.1) is 45.6 Å². The molecule has 2 aromatic rings. The molecule has 3 atom stereocenters. The first-order chi connectivity index (χ1) is 31.7. The first-order valence-corrected chi connectivity index (χ1v) is 24.5. The SMILES string of the molecule is CCCCCCCCCC(C)(C)CCC(N)Oc1ccc(C2=C3C=CC(=N3)C=C3C=CC(=N3)C(c3ccc(OC(C)(N)C(C)CCCCN(C)C)cc3)=C3C=CC(=N3)C=C3C=CC2=N3)cc1.Cl.Cl. The molecule has 5 heterocycles. The fourth-order valence-corrected chi connectivity index (χ4v) is 8.91. The third-order valence-electron chi connectivity index (χ3n) is 13.2. The molecule has 11 heteroatoms. The van der Waals surface area contributed by atoms with Crippen molar-refractivity contribution < 1.29 is 9.47 Å². The van der Waals surface area contributed by atoms with Crippen LogP contribution in [0.1, 0.15) is 129 Å². The van der Waals surface area contributed by atoms with Crippen LogP contribution in [0.4, 0.5) is 0 Å². The number of nitrogens with two attached hydrogens (primary N) is 2. The fourth-order valence-electron chi connectivity index (χ4n) is 8.91. The molecule has 4 N–H and O–H groups in total. The lowest BCUT2D eigenvalue weighted by molar-refractivity contribution is 0.0342. The zero-order valence-electron chi connectivity index (χ0n) is 41.5. The number of benzene rings is 2. The summed E-state index contributed by atoms with van der Waals surface area (Å²) in [5.74, 6) is 1.67. The van der Waals surface area contributed by atoms with Crippen molar-refractivity contribution >= 4 is 58.8 Å². The van der Waals surface area contributed by atoms with Crippen LogP contribution in [-0.4, -0.2) is 60.3 Å². The number of fused-ring (bicyclic) bond motifs is 4. The second-order valence-corrected chi connectivity index (χ2v) is 19.8. The Labute approximate surface area is 419 Å². The van der Waals surface area contributed by atoms with Crippen LogP contribution in [0.15, 0.2) is 152 Å². The number of hydrogen-bond donors (Lipinski definition) is 2. The number of allylic oxidation sites excluding steroid dienone is 12. The molecule has 8 bridgehead atoms. The minimum atomic E-state index is -0.801. The van der Waals surface area contributed by atoms with E-state index < -0.39 is 5.72 Å². The third kappa shape index (κ3) is 15.0. The normalized spacial score (nSPS) is 17.8. The molecule has 364 valence electrons. The predicted octanol–water partition coefficient (Wildman–Crippen LogP) is 13.5. The average molecular weight is 961 g/mol. The van der Waals surface area contributed by atoms with Crippen LogP contribution in [-0.2, 0) is 0 Å². The van der Waals surface area contributed by atoms with E-state index in [1.165, 1.54) is 51.4 Å². The van der Waals surface area contributed by atoms with E-state index in [0.29, 0.717) is 0 Å². The van der Waals surface area contributed by atoms with E-state index >= 15 is 0 Å². The van der Waals surface area contributed by atoms with Gasteiger partial charge in [0.2, 0.25) is 0 Å². The van der Waals surface area contributed by atoms with E-state index in [-0.39, 0.29) is 42.4 Å². The van der Waals surface area contributed by atoms with Crippen LogP contribution >= 0.6 is 24.8 Å². The molecule has 0 aliphatic carbocycles. The average Bonchev–Trinajstić information content (AvgIpc) is 4.13. The summed E-state index contributed by atoms with van der Waals surface area (Å²) in [7, 11) is 4.22. The third-order valence-corrected chi connectivity index (χ3v) is 13.2. The predicted molar refractivity (Wildman–Crippen MR) is 293 cm³/mol. The fraction of sp³-hybridized carbons (Fsp3) is 0.439. The summed E-state index contributed by atoms with van der Waals surface area (Å²) in [5.41, 5.74) is 23.1. The summed E-state index contributed by atoms with van der Waals surface area (Å²) < 4.78 is 12.7. The van der Waals surface area contributed by atoms with Crippen molar-refractivity contribution in [2.75, 3.05) is 20.6 Å². The molecule has 0 saturated heterocycles. The van der Waals surface area contributed by atoms with Crippen molar-refractivity contribution in [1.82, 2.24) is 4.90 Å². The number of ether oxygens (including phenoxy) is 2. The summed E-state index contributed by atoms with van der Waals surface area (Å²) in [6.45, 7) is 12.2. The highest BCUT2D eigenvalue weighted by Gasteiger charge is 2.29. The van der Waals surface area contributed by atoms with Crippen LogP contribution in [0.2, 0.25) is 0 Å². The molecule has 0 spiro atoms. The van der Waals surface area contributed by atoms with E-state index in [0.717, 1.165) is 118 Å². The van der Waals surface area contributed by atoms with Crippen molar-refractivity contribution in [3.05, 3.63) is 143 Å². The lowest BCUT2D eigenvalue weighted by Gasteiger charge is -2.32. The van der Waals surface area contributed by atoms with Crippen molar-refractivity contribution in [3.63, 3.8) is 0 Å². The first kappa shape index (κ1) is 54.0. The molecule has 0 amide bonds. The van der Waals surface area contributed by atoms with Gasteiger partial charge in [0.15, 0.2) is 5.72 Å². The molecular formula is C57H75Cl2N7O2. The summed E-state index contributed by atoms with van der Waals surface area (Å²) in [5, 5.41) is 0. The minimum absolute atomic E-state index is 0. The smallest absolute Gasteiger partial charge is 0.158 e. The van der Waals surface area contributed by atoms with Gasteiger partial charge >= 0.3 is 0 Å². The molecule has 2 aromatic carbocycles. The Morgan fingerprint density at radius 2 is 1.10 bits per heavy atom. The van der Waals surface area contributed by atoms with E-state index in [1.54, 1.807) is 0 Å². The quantitative estimate of drug-likeness (QED) is 0.0848. The van der Waals surface area contributed by atoms with Gasteiger partial charge in [-0.25, -0.2) is 20.0 Å². The molecule has 3 unspecified atom stereocenters. The minimum Gasteiger partial charge on any atom is -0.476 e. The summed E-state index contributed by atoms with van der Waals surface area (Å²) in [6.07, 6.45) is 35.7. The summed E-state index contributed by atoms with van der Waals surface area (Å²) in [6, 6.07) is 16.3. The number of hydrogen-bond acceptors (Lipinski definition) is 9. The number of nitrogens with zero attached hydrogens (tertiary/aromatic N) is 5. The molecule has 9 nitrogen and oxygen atoms in total. The lowest BCUT2D eigenvalue weighted by atomic mass is 9.82. The maximum Gasteiger partial charge on any atom is 0.158 e. The number of unbranched alkanes of at least 4 members (excludes halogenated alkanes) is 7. The molecule has 68 heavy (non-hydrogen) atoms. The maximum atomic E-state index is 6.76. The van der Waals surface area contributed by atoms with Crippen LogP contribution < -0.4 is 20.9 Å². The van der Waals surface area contributed by atoms with Crippen molar-refractivity contribution in [2.24, 2.45) is 42.8 Å². The Kier molecular flexibility index (Phi) is 20.0. The Bertz CT molecular complexity index is 2440. The zero-order valence-corrected chi connectivity index (χ0v) is 43.1. The molecule has 0 saturated carbocycles. The second-order valence-electron chi connectivity index (χ2n) is 19.8. The Balaban J connectivity index is 0.00000432. The van der Waals surface area contributed by atoms with Gasteiger partial charge in [-0.15, -0.1) is 24.8 Å². The standard InChI is InChI=1S/C57H73N7O2.2ClH/c1-8-9-10-11-12-13-15-35-56(3,4)36-34-53(58)65-47-26-18-41(19-27-47)54-49-30-22-43(60-49)38-45-24-32-51(62-45)55(52-33-25-46(63-52)39-44-23-31-50(54)61-44)42-20-28-48(29-21-42)66-57(5,59)40(2)17-14-16-37-64(6)7;;/h18-33,38-40,53H,8-17,34-37,58-59H2,1-7H3;2*1H. The van der Waals surface area contributed by atoms with E-state index in [4.69, 9.17) is 40.9 Å². The van der Waals surface area contributed by atoms with E-state index in [9.17, 15) is 0 Å². The summed E-state index contributed by atoms with van der Waals surface area (Å²) >= 11 is 0. The van der Waals surface area contributed by atoms with Crippen molar-refractivity contribution in [1.29, 1.82) is 0 Å². The Hall–Kier alpha value is -4.90. The Morgan fingerprint density at radius 3 is 1.63 bits per heavy atom. The molecule has 0 aromatic heterocycles. The molecule has 5 aliphatic heterocycles. The summed E-state index contributed by atoms with van der Waals surface area (Å²) in [4.78, 5) is 22.7. The van der Waals surface area contributed by atoms with Crippen molar-refractivity contribution in [2.45, 2.75) is 130 Å². The highest BCUT2D eigenvalue weighted by atomic mass is 35.5. The van der Waals surface area contributed by atoms with Gasteiger partial charge in [0.25, 0.3) is 0 Å².